The maximum atomic E-state index is 11.7. The summed E-state index contributed by atoms with van der Waals surface area (Å²) >= 11 is 0. The number of phenols is 1. The minimum atomic E-state index is -0.0543. The van der Waals surface area contributed by atoms with Gasteiger partial charge >= 0.3 is 0 Å². The standard InChI is InChI=1S/C12H15NO3/c1-8(2)11-7-12(15)13(16-11)9-3-5-10(14)6-4-9/h3-6,8,11,14H,7H2,1-2H3. The van der Waals surface area contributed by atoms with E-state index in [-0.39, 0.29) is 17.8 Å². The van der Waals surface area contributed by atoms with E-state index in [2.05, 4.69) is 0 Å². The highest BCUT2D eigenvalue weighted by atomic mass is 16.7. The minimum Gasteiger partial charge on any atom is -0.508 e. The third-order valence-corrected chi connectivity index (χ3v) is 2.67. The van der Waals surface area contributed by atoms with Gasteiger partial charge < -0.3 is 5.11 Å². The van der Waals surface area contributed by atoms with E-state index in [1.165, 1.54) is 17.2 Å². The van der Waals surface area contributed by atoms with Crippen LogP contribution in [0.2, 0.25) is 0 Å². The number of hydrogen-bond acceptors (Lipinski definition) is 3. The first kappa shape index (κ1) is 11.0. The van der Waals surface area contributed by atoms with Crippen LogP contribution >= 0.6 is 0 Å². The lowest BCUT2D eigenvalue weighted by atomic mass is 10.1. The number of phenolic OH excluding ortho intramolecular Hbond substituents is 1. The van der Waals surface area contributed by atoms with Crippen molar-refractivity contribution in [1.82, 2.24) is 0 Å². The highest BCUT2D eigenvalue weighted by molar-refractivity contribution is 5.93. The van der Waals surface area contributed by atoms with Crippen molar-refractivity contribution in [2.24, 2.45) is 5.92 Å². The first-order chi connectivity index (χ1) is 7.58. The van der Waals surface area contributed by atoms with Gasteiger partial charge in [-0.05, 0) is 30.2 Å². The second-order valence-corrected chi connectivity index (χ2v) is 4.30. The molecule has 0 spiro atoms. The normalized spacial score (nSPS) is 20.8. The van der Waals surface area contributed by atoms with Crippen LogP contribution in [0.5, 0.6) is 5.75 Å². The maximum Gasteiger partial charge on any atom is 0.253 e. The molecule has 1 N–H and O–H groups in total. The van der Waals surface area contributed by atoms with Gasteiger partial charge in [-0.3, -0.25) is 9.63 Å². The average Bonchev–Trinajstić information content (AvgIpc) is 2.62. The Hall–Kier alpha value is -1.55. The van der Waals surface area contributed by atoms with Gasteiger partial charge in [-0.25, -0.2) is 0 Å². The van der Waals surface area contributed by atoms with Crippen LogP contribution in [-0.4, -0.2) is 17.1 Å². The first-order valence-electron chi connectivity index (χ1n) is 5.36. The Balaban J connectivity index is 2.16. The molecule has 1 fully saturated rings. The van der Waals surface area contributed by atoms with Gasteiger partial charge in [0.2, 0.25) is 0 Å². The molecule has 4 heteroatoms. The van der Waals surface area contributed by atoms with Crippen LogP contribution in [0.25, 0.3) is 0 Å². The molecule has 1 amide bonds. The topological polar surface area (TPSA) is 49.8 Å². The molecule has 1 atom stereocenters. The largest absolute Gasteiger partial charge is 0.508 e. The third kappa shape index (κ3) is 2.02. The summed E-state index contributed by atoms with van der Waals surface area (Å²) in [5, 5.41) is 10.5. The zero-order valence-electron chi connectivity index (χ0n) is 9.38. The van der Waals surface area contributed by atoms with Crippen molar-refractivity contribution in [3.63, 3.8) is 0 Å². The van der Waals surface area contributed by atoms with Crippen LogP contribution in [0.1, 0.15) is 20.3 Å². The zero-order valence-corrected chi connectivity index (χ0v) is 9.38. The third-order valence-electron chi connectivity index (χ3n) is 2.67. The monoisotopic (exact) mass is 221 g/mol. The summed E-state index contributed by atoms with van der Waals surface area (Å²) in [5.74, 6) is 0.450. The molecule has 1 unspecified atom stereocenters. The van der Waals surface area contributed by atoms with Gasteiger partial charge in [0.1, 0.15) is 5.75 Å². The molecule has 1 saturated heterocycles. The lowest BCUT2D eigenvalue weighted by molar-refractivity contribution is -0.119. The van der Waals surface area contributed by atoms with Gasteiger partial charge in [0.15, 0.2) is 0 Å². The van der Waals surface area contributed by atoms with Crippen LogP contribution in [0.15, 0.2) is 24.3 Å². The van der Waals surface area contributed by atoms with E-state index < -0.39 is 0 Å². The van der Waals surface area contributed by atoms with Gasteiger partial charge in [-0.1, -0.05) is 13.8 Å². The molecule has 0 aliphatic carbocycles. The summed E-state index contributed by atoms with van der Waals surface area (Å²) in [7, 11) is 0. The molecule has 1 aromatic rings. The number of aromatic hydroxyl groups is 1. The van der Waals surface area contributed by atoms with Crippen molar-refractivity contribution < 1.29 is 14.7 Å². The number of amides is 1. The molecule has 86 valence electrons. The van der Waals surface area contributed by atoms with E-state index in [1.54, 1.807) is 12.1 Å². The number of anilines is 1. The predicted octanol–water partition coefficient (Wildman–Crippen LogP) is 2.09. The van der Waals surface area contributed by atoms with Gasteiger partial charge in [0.25, 0.3) is 5.91 Å². The second kappa shape index (κ2) is 4.14. The van der Waals surface area contributed by atoms with Crippen LogP contribution < -0.4 is 5.06 Å². The van der Waals surface area contributed by atoms with Gasteiger partial charge in [-0.2, -0.15) is 5.06 Å². The average molecular weight is 221 g/mol. The SMILES string of the molecule is CC(C)C1CC(=O)N(c2ccc(O)cc2)O1. The highest BCUT2D eigenvalue weighted by Gasteiger charge is 2.33. The van der Waals surface area contributed by atoms with E-state index in [4.69, 9.17) is 9.94 Å². The van der Waals surface area contributed by atoms with Crippen molar-refractivity contribution in [2.45, 2.75) is 26.4 Å². The number of nitrogens with zero attached hydrogens (tertiary/aromatic N) is 1. The molecule has 0 aromatic heterocycles. The van der Waals surface area contributed by atoms with E-state index in [0.29, 0.717) is 18.0 Å². The Bertz CT molecular complexity index is 386. The number of hydroxylamine groups is 1. The minimum absolute atomic E-state index is 0.0376. The molecule has 0 bridgehead atoms. The quantitative estimate of drug-likeness (QED) is 0.831. The molecule has 4 nitrogen and oxygen atoms in total. The molecule has 1 heterocycles. The zero-order chi connectivity index (χ0) is 11.7. The molecule has 0 radical (unpaired) electrons. The van der Waals surface area contributed by atoms with Crippen LogP contribution in [0, 0.1) is 5.92 Å². The van der Waals surface area contributed by atoms with Crippen LogP contribution in [-0.2, 0) is 9.63 Å². The van der Waals surface area contributed by atoms with Crippen molar-refractivity contribution >= 4 is 11.6 Å². The van der Waals surface area contributed by atoms with Crippen LogP contribution in [0.3, 0.4) is 0 Å². The molecule has 16 heavy (non-hydrogen) atoms. The molecule has 1 aliphatic rings. The Labute approximate surface area is 94.4 Å². The van der Waals surface area contributed by atoms with Crippen molar-refractivity contribution in [2.75, 3.05) is 5.06 Å². The molecular formula is C12H15NO3. The predicted molar refractivity (Wildman–Crippen MR) is 59.9 cm³/mol. The Morgan fingerprint density at radius 2 is 2.00 bits per heavy atom. The lowest BCUT2D eigenvalue weighted by Gasteiger charge is -2.17. The number of carbonyl (C=O) groups is 1. The summed E-state index contributed by atoms with van der Waals surface area (Å²) in [6.45, 7) is 4.05. The van der Waals surface area contributed by atoms with E-state index in [1.807, 2.05) is 13.8 Å². The van der Waals surface area contributed by atoms with Crippen molar-refractivity contribution in [3.05, 3.63) is 24.3 Å². The summed E-state index contributed by atoms with van der Waals surface area (Å²) in [6, 6.07) is 6.40. The van der Waals surface area contributed by atoms with E-state index in [9.17, 15) is 4.79 Å². The van der Waals surface area contributed by atoms with Gasteiger partial charge in [-0.15, -0.1) is 0 Å². The Morgan fingerprint density at radius 3 is 2.50 bits per heavy atom. The molecule has 2 rings (SSSR count). The van der Waals surface area contributed by atoms with Gasteiger partial charge in [0, 0.05) is 0 Å². The molecule has 0 saturated carbocycles. The number of rotatable bonds is 2. The number of benzene rings is 1. The number of hydrogen-bond donors (Lipinski definition) is 1. The summed E-state index contributed by atoms with van der Waals surface area (Å²) in [6.07, 6.45) is 0.361. The maximum absolute atomic E-state index is 11.7. The smallest absolute Gasteiger partial charge is 0.253 e. The lowest BCUT2D eigenvalue weighted by Crippen LogP contribution is -2.23. The molecular weight excluding hydrogens is 206 g/mol. The van der Waals surface area contributed by atoms with E-state index >= 15 is 0 Å². The molecule has 1 aromatic carbocycles. The fourth-order valence-corrected chi connectivity index (χ4v) is 1.64. The van der Waals surface area contributed by atoms with Crippen LogP contribution in [0.4, 0.5) is 5.69 Å². The van der Waals surface area contributed by atoms with Crippen molar-refractivity contribution in [1.29, 1.82) is 0 Å². The molecule has 1 aliphatic heterocycles. The fraction of sp³-hybridized carbons (Fsp3) is 0.417. The number of carbonyl (C=O) groups excluding carboxylic acids is 1. The first-order valence-corrected chi connectivity index (χ1v) is 5.36. The van der Waals surface area contributed by atoms with Gasteiger partial charge in [0.05, 0.1) is 18.2 Å². The highest BCUT2D eigenvalue weighted by Crippen LogP contribution is 2.28. The summed E-state index contributed by atoms with van der Waals surface area (Å²) in [5.41, 5.74) is 0.658. The van der Waals surface area contributed by atoms with E-state index in [0.717, 1.165) is 0 Å². The Morgan fingerprint density at radius 1 is 1.38 bits per heavy atom. The fourth-order valence-electron chi connectivity index (χ4n) is 1.64. The van der Waals surface area contributed by atoms with Crippen molar-refractivity contribution in [3.8, 4) is 5.75 Å². The summed E-state index contributed by atoms with van der Waals surface area (Å²) in [4.78, 5) is 17.3. The second-order valence-electron chi connectivity index (χ2n) is 4.30. The Kier molecular flexibility index (Phi) is 2.83. The summed E-state index contributed by atoms with van der Waals surface area (Å²) < 4.78 is 0.